The molecule has 206 valence electrons. The SMILES string of the molecule is CC(=O)OC1CCC2(C)C3CCC4(C)C(C(C)C5CC5(C)C(C)C(C)C)CCC4C3CC(Cl)C2(Cl)C1. The van der Waals surface area contributed by atoms with E-state index < -0.39 is 4.87 Å². The van der Waals surface area contributed by atoms with Gasteiger partial charge in [0.1, 0.15) is 6.10 Å². The van der Waals surface area contributed by atoms with Gasteiger partial charge in [0.05, 0.1) is 10.3 Å². The highest BCUT2D eigenvalue weighted by molar-refractivity contribution is 6.33. The Bertz CT molecular complexity index is 874. The topological polar surface area (TPSA) is 26.3 Å². The molecule has 0 bridgehead atoms. The van der Waals surface area contributed by atoms with Gasteiger partial charge in [-0.25, -0.2) is 0 Å². The predicted octanol–water partition coefficient (Wildman–Crippen LogP) is 9.11. The minimum atomic E-state index is -0.476. The molecule has 0 heterocycles. The standard InChI is InChI=1S/C32H52Cl2O2/c1-18(2)20(4)30(7)17-27(30)19(3)24-9-10-25-23-15-28(33)32(34)16-22(36-21(5)35)11-14-31(32,8)26(23)12-13-29(24,25)6/h18-20,22-28H,9-17H2,1-8H3. The van der Waals surface area contributed by atoms with Crippen LogP contribution in [0.3, 0.4) is 0 Å². The summed E-state index contributed by atoms with van der Waals surface area (Å²) in [7, 11) is 0. The molecule has 5 fully saturated rings. The van der Waals surface area contributed by atoms with Gasteiger partial charge < -0.3 is 4.74 Å². The first-order valence-corrected chi connectivity index (χ1v) is 16.0. The average molecular weight is 540 g/mol. The molecule has 2 nitrogen and oxygen atoms in total. The largest absolute Gasteiger partial charge is 0.462 e. The summed E-state index contributed by atoms with van der Waals surface area (Å²) in [5, 5.41) is -0.0544. The highest BCUT2D eigenvalue weighted by Gasteiger charge is 2.68. The maximum Gasteiger partial charge on any atom is 0.302 e. The van der Waals surface area contributed by atoms with Crippen molar-refractivity contribution in [1.29, 1.82) is 0 Å². The van der Waals surface area contributed by atoms with E-state index in [9.17, 15) is 4.79 Å². The first-order chi connectivity index (χ1) is 16.7. The van der Waals surface area contributed by atoms with E-state index in [2.05, 4.69) is 48.5 Å². The molecule has 0 saturated heterocycles. The summed E-state index contributed by atoms with van der Waals surface area (Å²) in [4.78, 5) is 11.2. The Morgan fingerprint density at radius 2 is 1.61 bits per heavy atom. The number of hydrogen-bond donors (Lipinski definition) is 0. The molecule has 0 amide bonds. The summed E-state index contributed by atoms with van der Waals surface area (Å²) >= 11 is 14.8. The number of halogens is 2. The van der Waals surface area contributed by atoms with Crippen LogP contribution in [0, 0.1) is 63.6 Å². The molecule has 0 aliphatic heterocycles. The van der Waals surface area contributed by atoms with Crippen molar-refractivity contribution in [2.45, 2.75) is 130 Å². The van der Waals surface area contributed by atoms with Gasteiger partial charge in [-0.05, 0) is 115 Å². The molecule has 13 atom stereocenters. The molecule has 0 spiro atoms. The monoisotopic (exact) mass is 538 g/mol. The van der Waals surface area contributed by atoms with E-state index in [1.165, 1.54) is 39.0 Å². The predicted molar refractivity (Wildman–Crippen MR) is 150 cm³/mol. The third-order valence-electron chi connectivity index (χ3n) is 13.8. The van der Waals surface area contributed by atoms with E-state index in [0.29, 0.717) is 29.1 Å². The van der Waals surface area contributed by atoms with Crippen molar-refractivity contribution in [2.75, 3.05) is 0 Å². The first kappa shape index (κ1) is 27.6. The van der Waals surface area contributed by atoms with Crippen molar-refractivity contribution in [3.63, 3.8) is 0 Å². The molecule has 5 aliphatic rings. The van der Waals surface area contributed by atoms with Gasteiger partial charge in [0.15, 0.2) is 0 Å². The summed E-state index contributed by atoms with van der Waals surface area (Å²) in [5.74, 6) is 6.04. The van der Waals surface area contributed by atoms with E-state index in [4.69, 9.17) is 27.9 Å². The molecule has 5 saturated carbocycles. The van der Waals surface area contributed by atoms with Crippen LogP contribution in [0.1, 0.15) is 113 Å². The number of esters is 1. The molecule has 0 aromatic heterocycles. The molecule has 4 heteroatoms. The number of hydrogen-bond acceptors (Lipinski definition) is 2. The van der Waals surface area contributed by atoms with Crippen LogP contribution in [0.2, 0.25) is 0 Å². The molecule has 0 N–H and O–H groups in total. The van der Waals surface area contributed by atoms with Crippen molar-refractivity contribution in [1.82, 2.24) is 0 Å². The molecule has 0 radical (unpaired) electrons. The second-order valence-electron chi connectivity index (χ2n) is 15.3. The Kier molecular flexibility index (Phi) is 6.93. The summed E-state index contributed by atoms with van der Waals surface area (Å²) in [5.41, 5.74) is 1.00. The van der Waals surface area contributed by atoms with Crippen LogP contribution in [0.15, 0.2) is 0 Å². The molecular weight excluding hydrogens is 487 g/mol. The summed E-state index contributed by atoms with van der Waals surface area (Å²) in [6.45, 7) is 19.1. The van der Waals surface area contributed by atoms with Crippen molar-refractivity contribution < 1.29 is 9.53 Å². The van der Waals surface area contributed by atoms with Gasteiger partial charge in [-0.3, -0.25) is 4.79 Å². The number of fused-ring (bicyclic) bond motifs is 5. The van der Waals surface area contributed by atoms with E-state index >= 15 is 0 Å². The lowest BCUT2D eigenvalue weighted by atomic mass is 9.44. The minimum Gasteiger partial charge on any atom is -0.462 e. The second kappa shape index (κ2) is 9.04. The molecular formula is C32H52Cl2O2. The van der Waals surface area contributed by atoms with Gasteiger partial charge >= 0.3 is 5.97 Å². The van der Waals surface area contributed by atoms with Gasteiger partial charge in [0.25, 0.3) is 0 Å². The Morgan fingerprint density at radius 1 is 0.917 bits per heavy atom. The fourth-order valence-electron chi connectivity index (χ4n) is 11.2. The quantitative estimate of drug-likeness (QED) is 0.257. The molecule has 0 aromatic carbocycles. The molecule has 0 aromatic rings. The highest BCUT2D eigenvalue weighted by Crippen LogP contribution is 2.73. The van der Waals surface area contributed by atoms with Crippen molar-refractivity contribution in [2.24, 2.45) is 63.6 Å². The van der Waals surface area contributed by atoms with Crippen LogP contribution >= 0.6 is 23.2 Å². The molecule has 36 heavy (non-hydrogen) atoms. The van der Waals surface area contributed by atoms with Gasteiger partial charge in [-0.15, -0.1) is 23.2 Å². The number of carbonyl (C=O) groups is 1. The number of ether oxygens (including phenoxy) is 1. The summed E-state index contributed by atoms with van der Waals surface area (Å²) in [6.07, 6.45) is 10.4. The fourth-order valence-corrected chi connectivity index (χ4v) is 12.2. The third kappa shape index (κ3) is 3.87. The maximum atomic E-state index is 11.7. The van der Waals surface area contributed by atoms with Gasteiger partial charge in [-0.2, -0.15) is 0 Å². The smallest absolute Gasteiger partial charge is 0.302 e. The van der Waals surface area contributed by atoms with Crippen LogP contribution in [-0.4, -0.2) is 22.3 Å². The van der Waals surface area contributed by atoms with Crippen LogP contribution in [0.4, 0.5) is 0 Å². The van der Waals surface area contributed by atoms with E-state index in [1.54, 1.807) is 0 Å². The second-order valence-corrected chi connectivity index (χ2v) is 16.5. The lowest BCUT2D eigenvalue weighted by molar-refractivity contribution is -0.156. The maximum absolute atomic E-state index is 11.7. The molecule has 5 aliphatic carbocycles. The average Bonchev–Trinajstić information content (AvgIpc) is 3.36. The zero-order chi connectivity index (χ0) is 26.4. The lowest BCUT2D eigenvalue weighted by Crippen LogP contribution is -2.65. The number of alkyl halides is 2. The Balaban J connectivity index is 1.35. The Hall–Kier alpha value is 0.0500. The summed E-state index contributed by atoms with van der Waals surface area (Å²) < 4.78 is 5.66. The zero-order valence-electron chi connectivity index (χ0n) is 24.2. The van der Waals surface area contributed by atoms with E-state index in [-0.39, 0.29) is 22.9 Å². The van der Waals surface area contributed by atoms with Crippen molar-refractivity contribution in [3.8, 4) is 0 Å². The fraction of sp³-hybridized carbons (Fsp3) is 0.969. The lowest BCUT2D eigenvalue weighted by Gasteiger charge is -2.65. The van der Waals surface area contributed by atoms with Crippen LogP contribution in [-0.2, 0) is 9.53 Å². The third-order valence-corrected chi connectivity index (χ3v) is 15.3. The molecule has 5 rings (SSSR count). The van der Waals surface area contributed by atoms with Crippen LogP contribution < -0.4 is 0 Å². The Labute approximate surface area is 231 Å². The first-order valence-electron chi connectivity index (χ1n) is 15.2. The van der Waals surface area contributed by atoms with Crippen molar-refractivity contribution >= 4 is 29.2 Å². The Morgan fingerprint density at radius 3 is 2.25 bits per heavy atom. The summed E-state index contributed by atoms with van der Waals surface area (Å²) in [6, 6.07) is 0. The van der Waals surface area contributed by atoms with Crippen LogP contribution in [0.25, 0.3) is 0 Å². The van der Waals surface area contributed by atoms with Gasteiger partial charge in [0, 0.05) is 13.3 Å². The van der Waals surface area contributed by atoms with Gasteiger partial charge in [0.2, 0.25) is 0 Å². The van der Waals surface area contributed by atoms with E-state index in [0.717, 1.165) is 54.8 Å². The molecule has 13 unspecified atom stereocenters. The number of rotatable bonds is 5. The highest BCUT2D eigenvalue weighted by atomic mass is 35.5. The zero-order valence-corrected chi connectivity index (χ0v) is 25.7. The van der Waals surface area contributed by atoms with Crippen molar-refractivity contribution in [3.05, 3.63) is 0 Å². The minimum absolute atomic E-state index is 0.0212. The van der Waals surface area contributed by atoms with E-state index in [1.807, 2.05) is 0 Å². The number of carbonyl (C=O) groups excluding carboxylic acids is 1. The van der Waals surface area contributed by atoms with Gasteiger partial charge in [-0.1, -0.05) is 48.5 Å². The normalized spacial score (nSPS) is 53.7. The van der Waals surface area contributed by atoms with Crippen LogP contribution in [0.5, 0.6) is 0 Å².